The van der Waals surface area contributed by atoms with Gasteiger partial charge in [-0.3, -0.25) is 9.69 Å². The molecule has 0 bridgehead atoms. The number of ether oxygens (including phenoxy) is 2. The van der Waals surface area contributed by atoms with E-state index in [1.807, 2.05) is 29.2 Å². The van der Waals surface area contributed by atoms with Crippen LogP contribution in [0.3, 0.4) is 0 Å². The standard InChI is InChI=1S/C21H32N2O4/c1-15-9-22(10-16(2)27-15)11-18-12-23(13-19(18)14-24)21(25)8-17-6-4-5-7-20(17)26-3/h4-7,15-16,18-19,24H,8-14H2,1-3H3/t15-,16+,18-,19-/m1/s1. The third-order valence-electron chi connectivity index (χ3n) is 5.69. The van der Waals surface area contributed by atoms with E-state index in [4.69, 9.17) is 9.47 Å². The minimum Gasteiger partial charge on any atom is -0.496 e. The predicted octanol–water partition coefficient (Wildman–Crippen LogP) is 1.41. The molecule has 0 spiro atoms. The molecule has 2 fully saturated rings. The number of carbonyl (C=O) groups excluding carboxylic acids is 1. The van der Waals surface area contributed by atoms with Crippen LogP contribution in [0.4, 0.5) is 0 Å². The predicted molar refractivity (Wildman–Crippen MR) is 104 cm³/mol. The molecular weight excluding hydrogens is 344 g/mol. The van der Waals surface area contributed by atoms with Crippen LogP contribution in [0.15, 0.2) is 24.3 Å². The third kappa shape index (κ3) is 5.00. The van der Waals surface area contributed by atoms with Crippen molar-refractivity contribution in [3.8, 4) is 5.75 Å². The quantitative estimate of drug-likeness (QED) is 0.814. The van der Waals surface area contributed by atoms with Gasteiger partial charge in [0.25, 0.3) is 0 Å². The van der Waals surface area contributed by atoms with Gasteiger partial charge in [-0.15, -0.1) is 0 Å². The molecule has 6 heteroatoms. The Morgan fingerprint density at radius 3 is 2.48 bits per heavy atom. The number of benzene rings is 1. The normalized spacial score (nSPS) is 29.1. The lowest BCUT2D eigenvalue weighted by Crippen LogP contribution is -2.48. The zero-order chi connectivity index (χ0) is 19.4. The summed E-state index contributed by atoms with van der Waals surface area (Å²) in [7, 11) is 1.63. The average Bonchev–Trinajstić information content (AvgIpc) is 3.04. The van der Waals surface area contributed by atoms with E-state index in [0.29, 0.717) is 25.4 Å². The van der Waals surface area contributed by atoms with Crippen molar-refractivity contribution in [3.63, 3.8) is 0 Å². The number of rotatable bonds is 6. The van der Waals surface area contributed by atoms with Gasteiger partial charge in [-0.2, -0.15) is 0 Å². The minimum atomic E-state index is 0.101. The topological polar surface area (TPSA) is 62.2 Å². The maximum atomic E-state index is 12.8. The summed E-state index contributed by atoms with van der Waals surface area (Å²) >= 11 is 0. The van der Waals surface area contributed by atoms with Gasteiger partial charge in [-0.25, -0.2) is 0 Å². The van der Waals surface area contributed by atoms with Crippen molar-refractivity contribution in [3.05, 3.63) is 29.8 Å². The Hall–Kier alpha value is -1.63. The van der Waals surface area contributed by atoms with E-state index in [9.17, 15) is 9.90 Å². The number of methoxy groups -OCH3 is 1. The zero-order valence-electron chi connectivity index (χ0n) is 16.6. The van der Waals surface area contributed by atoms with Gasteiger partial charge in [0.05, 0.1) is 25.7 Å². The Balaban J connectivity index is 1.60. The second-order valence-electron chi connectivity index (χ2n) is 7.97. The first-order valence-electron chi connectivity index (χ1n) is 9.88. The number of aliphatic hydroxyl groups is 1. The molecule has 1 aromatic carbocycles. The van der Waals surface area contributed by atoms with Gasteiger partial charge in [0.2, 0.25) is 5.91 Å². The molecule has 2 heterocycles. The lowest BCUT2D eigenvalue weighted by Gasteiger charge is -2.37. The van der Waals surface area contributed by atoms with Crippen LogP contribution in [0.5, 0.6) is 5.75 Å². The number of likely N-dealkylation sites (tertiary alicyclic amines) is 1. The molecule has 0 aliphatic carbocycles. The number of hydrogen-bond donors (Lipinski definition) is 1. The molecule has 1 N–H and O–H groups in total. The molecule has 0 saturated carbocycles. The third-order valence-corrected chi connectivity index (χ3v) is 5.69. The van der Waals surface area contributed by atoms with E-state index in [-0.39, 0.29) is 30.6 Å². The molecule has 27 heavy (non-hydrogen) atoms. The molecule has 3 rings (SSSR count). The van der Waals surface area contributed by atoms with E-state index >= 15 is 0 Å². The summed E-state index contributed by atoms with van der Waals surface area (Å²) in [6, 6.07) is 7.65. The highest BCUT2D eigenvalue weighted by molar-refractivity contribution is 5.79. The van der Waals surface area contributed by atoms with Crippen LogP contribution in [0.25, 0.3) is 0 Å². The summed E-state index contributed by atoms with van der Waals surface area (Å²) in [5, 5.41) is 9.84. The Kier molecular flexibility index (Phi) is 6.73. The molecule has 0 radical (unpaired) electrons. The van der Waals surface area contributed by atoms with Gasteiger partial charge in [0.15, 0.2) is 0 Å². The molecule has 2 aliphatic heterocycles. The lowest BCUT2D eigenvalue weighted by molar-refractivity contribution is -0.129. The highest BCUT2D eigenvalue weighted by atomic mass is 16.5. The largest absolute Gasteiger partial charge is 0.496 e. The van der Waals surface area contributed by atoms with Crippen LogP contribution in [0, 0.1) is 11.8 Å². The summed E-state index contributed by atoms with van der Waals surface area (Å²) < 4.78 is 11.2. The number of hydrogen-bond acceptors (Lipinski definition) is 5. The number of morpholine rings is 1. The smallest absolute Gasteiger partial charge is 0.227 e. The van der Waals surface area contributed by atoms with Gasteiger partial charge in [-0.1, -0.05) is 18.2 Å². The molecule has 2 saturated heterocycles. The fourth-order valence-electron chi connectivity index (χ4n) is 4.44. The fraction of sp³-hybridized carbons (Fsp3) is 0.667. The Morgan fingerprint density at radius 1 is 1.15 bits per heavy atom. The van der Waals surface area contributed by atoms with Crippen molar-refractivity contribution >= 4 is 5.91 Å². The molecule has 1 amide bonds. The maximum Gasteiger partial charge on any atom is 0.227 e. The highest BCUT2D eigenvalue weighted by Gasteiger charge is 2.37. The van der Waals surface area contributed by atoms with Crippen LogP contribution in [-0.2, 0) is 16.0 Å². The van der Waals surface area contributed by atoms with Gasteiger partial charge in [0.1, 0.15) is 5.75 Å². The first-order valence-corrected chi connectivity index (χ1v) is 9.88. The van der Waals surface area contributed by atoms with Crippen LogP contribution in [0.1, 0.15) is 19.4 Å². The molecule has 2 aliphatic rings. The maximum absolute atomic E-state index is 12.8. The van der Waals surface area contributed by atoms with Gasteiger partial charge >= 0.3 is 0 Å². The fourth-order valence-corrected chi connectivity index (χ4v) is 4.44. The van der Waals surface area contributed by atoms with E-state index in [1.54, 1.807) is 7.11 Å². The Bertz CT molecular complexity index is 628. The summed E-state index contributed by atoms with van der Waals surface area (Å²) in [4.78, 5) is 17.2. The molecular formula is C21H32N2O4. The van der Waals surface area contributed by atoms with Crippen LogP contribution >= 0.6 is 0 Å². The molecule has 4 atom stereocenters. The molecule has 150 valence electrons. The van der Waals surface area contributed by atoms with E-state index < -0.39 is 0 Å². The van der Waals surface area contributed by atoms with Crippen molar-refractivity contribution < 1.29 is 19.4 Å². The zero-order valence-corrected chi connectivity index (χ0v) is 16.6. The molecule has 6 nitrogen and oxygen atoms in total. The van der Waals surface area contributed by atoms with Gasteiger partial charge < -0.3 is 19.5 Å². The van der Waals surface area contributed by atoms with Gasteiger partial charge in [-0.05, 0) is 25.8 Å². The average molecular weight is 376 g/mol. The number of carbonyl (C=O) groups is 1. The molecule has 0 unspecified atom stereocenters. The van der Waals surface area contributed by atoms with Crippen molar-refractivity contribution in [1.82, 2.24) is 9.80 Å². The van der Waals surface area contributed by atoms with Crippen molar-refractivity contribution in [2.24, 2.45) is 11.8 Å². The highest BCUT2D eigenvalue weighted by Crippen LogP contribution is 2.27. The second-order valence-corrected chi connectivity index (χ2v) is 7.97. The summed E-state index contributed by atoms with van der Waals surface area (Å²) in [5.41, 5.74) is 0.907. The van der Waals surface area contributed by atoms with Crippen molar-refractivity contribution in [2.45, 2.75) is 32.5 Å². The van der Waals surface area contributed by atoms with Crippen LogP contribution < -0.4 is 4.74 Å². The molecule has 0 aromatic heterocycles. The van der Waals surface area contributed by atoms with Crippen LogP contribution in [-0.4, -0.2) is 79.5 Å². The van der Waals surface area contributed by atoms with Crippen molar-refractivity contribution in [2.75, 3.05) is 46.4 Å². The van der Waals surface area contributed by atoms with E-state index in [2.05, 4.69) is 18.7 Å². The number of aliphatic hydroxyl groups excluding tert-OH is 1. The number of amides is 1. The number of para-hydroxylation sites is 1. The summed E-state index contributed by atoms with van der Waals surface area (Å²) in [5.74, 6) is 1.29. The summed E-state index contributed by atoms with van der Waals surface area (Å²) in [6.07, 6.45) is 0.789. The van der Waals surface area contributed by atoms with E-state index in [1.165, 1.54) is 0 Å². The monoisotopic (exact) mass is 376 g/mol. The second kappa shape index (κ2) is 9.04. The number of nitrogens with zero attached hydrogens (tertiary/aromatic N) is 2. The van der Waals surface area contributed by atoms with Crippen LogP contribution in [0.2, 0.25) is 0 Å². The van der Waals surface area contributed by atoms with E-state index in [0.717, 1.165) is 30.9 Å². The summed E-state index contributed by atoms with van der Waals surface area (Å²) in [6.45, 7) is 8.39. The van der Waals surface area contributed by atoms with Gasteiger partial charge in [0, 0.05) is 50.8 Å². The Morgan fingerprint density at radius 2 is 1.81 bits per heavy atom. The first-order chi connectivity index (χ1) is 13.0. The van der Waals surface area contributed by atoms with Crippen molar-refractivity contribution in [1.29, 1.82) is 0 Å². The minimum absolute atomic E-state index is 0.101. The first kappa shape index (κ1) is 20.1. The lowest BCUT2D eigenvalue weighted by atomic mass is 9.96. The Labute approximate surface area is 162 Å². The molecule has 1 aromatic rings. The SMILES string of the molecule is COc1ccccc1CC(=O)N1C[C@@H](CN2C[C@@H](C)O[C@@H](C)C2)[C@@H](CO)C1.